The third-order valence-electron chi connectivity index (χ3n) is 3.33. The van der Waals surface area contributed by atoms with Crippen LogP contribution in [-0.4, -0.2) is 24.2 Å². The van der Waals surface area contributed by atoms with E-state index in [4.69, 9.17) is 16.7 Å². The van der Waals surface area contributed by atoms with Crippen molar-refractivity contribution in [3.8, 4) is 0 Å². The summed E-state index contributed by atoms with van der Waals surface area (Å²) in [5.74, 6) is -1.00. The number of likely N-dealkylation sites (N-methyl/N-ethyl adjacent to an activating group) is 1. The second-order valence-electron chi connectivity index (χ2n) is 4.71. The first-order valence-corrected chi connectivity index (χ1v) is 7.53. The molecular formula is C15H16ClNO2S. The van der Waals surface area contributed by atoms with E-state index >= 15 is 0 Å². The van der Waals surface area contributed by atoms with Crippen LogP contribution in [0.4, 0.5) is 5.69 Å². The maximum Gasteiger partial charge on any atom is 0.337 e. The first-order chi connectivity index (χ1) is 9.49. The third-order valence-corrected chi connectivity index (χ3v) is 4.54. The molecule has 0 aliphatic rings. The molecule has 1 N–H and O–H groups in total. The van der Waals surface area contributed by atoms with Crippen LogP contribution in [0.1, 0.15) is 22.2 Å². The maximum atomic E-state index is 11.0. The molecule has 1 aromatic carbocycles. The highest BCUT2D eigenvalue weighted by molar-refractivity contribution is 7.09. The van der Waals surface area contributed by atoms with Crippen LogP contribution in [0.3, 0.4) is 0 Å². The molecule has 0 bridgehead atoms. The fraction of sp³-hybridized carbons (Fsp3) is 0.267. The second-order valence-corrected chi connectivity index (χ2v) is 6.15. The van der Waals surface area contributed by atoms with Crippen molar-refractivity contribution >= 4 is 34.6 Å². The Balaban J connectivity index is 2.14. The number of rotatable bonds is 5. The molecule has 2 aromatic rings. The van der Waals surface area contributed by atoms with Gasteiger partial charge >= 0.3 is 5.97 Å². The topological polar surface area (TPSA) is 40.5 Å². The number of carboxylic acids is 1. The van der Waals surface area contributed by atoms with Crippen LogP contribution in [0.2, 0.25) is 5.02 Å². The maximum absolute atomic E-state index is 11.0. The summed E-state index contributed by atoms with van der Waals surface area (Å²) in [6.07, 6.45) is 0.951. The number of benzene rings is 1. The molecule has 1 atom stereocenters. The predicted molar refractivity (Wildman–Crippen MR) is 84.3 cm³/mol. The van der Waals surface area contributed by atoms with Gasteiger partial charge in [0.15, 0.2) is 0 Å². The number of hydrogen-bond acceptors (Lipinski definition) is 3. The zero-order valence-corrected chi connectivity index (χ0v) is 12.9. The minimum atomic E-state index is -1.00. The van der Waals surface area contributed by atoms with E-state index in [-0.39, 0.29) is 10.6 Å². The average molecular weight is 310 g/mol. The number of thiophene rings is 1. The lowest BCUT2D eigenvalue weighted by molar-refractivity contribution is 0.0697. The summed E-state index contributed by atoms with van der Waals surface area (Å²) in [7, 11) is 1.99. The lowest BCUT2D eigenvalue weighted by Gasteiger charge is -2.27. The Morgan fingerprint density at radius 3 is 2.75 bits per heavy atom. The van der Waals surface area contributed by atoms with Gasteiger partial charge in [-0.15, -0.1) is 11.3 Å². The molecule has 5 heteroatoms. The van der Waals surface area contributed by atoms with E-state index < -0.39 is 5.97 Å². The Bertz CT molecular complexity index is 598. The van der Waals surface area contributed by atoms with Gasteiger partial charge in [0, 0.05) is 30.1 Å². The smallest absolute Gasteiger partial charge is 0.337 e. The number of nitrogens with zero attached hydrogens (tertiary/aromatic N) is 1. The molecule has 1 unspecified atom stereocenters. The molecule has 0 amide bonds. The van der Waals surface area contributed by atoms with Gasteiger partial charge in [0.1, 0.15) is 0 Å². The minimum Gasteiger partial charge on any atom is -0.478 e. The van der Waals surface area contributed by atoms with Gasteiger partial charge in [-0.25, -0.2) is 4.79 Å². The molecule has 1 aromatic heterocycles. The first-order valence-electron chi connectivity index (χ1n) is 6.27. The van der Waals surface area contributed by atoms with Crippen LogP contribution >= 0.6 is 22.9 Å². The zero-order chi connectivity index (χ0) is 14.7. The van der Waals surface area contributed by atoms with Gasteiger partial charge in [0.2, 0.25) is 0 Å². The molecule has 106 valence electrons. The molecule has 1 heterocycles. The van der Waals surface area contributed by atoms with Gasteiger partial charge in [-0.2, -0.15) is 0 Å². The third kappa shape index (κ3) is 3.32. The molecule has 0 aliphatic carbocycles. The van der Waals surface area contributed by atoms with E-state index in [9.17, 15) is 4.79 Å². The summed E-state index contributed by atoms with van der Waals surface area (Å²) in [6, 6.07) is 9.52. The highest BCUT2D eigenvalue weighted by Crippen LogP contribution is 2.25. The van der Waals surface area contributed by atoms with E-state index in [1.165, 1.54) is 4.88 Å². The van der Waals surface area contributed by atoms with Crippen molar-refractivity contribution < 1.29 is 9.90 Å². The zero-order valence-electron chi connectivity index (χ0n) is 11.3. The molecule has 20 heavy (non-hydrogen) atoms. The monoisotopic (exact) mass is 309 g/mol. The normalized spacial score (nSPS) is 12.2. The number of carbonyl (C=O) groups is 1. The van der Waals surface area contributed by atoms with Gasteiger partial charge in [-0.3, -0.25) is 0 Å². The highest BCUT2D eigenvalue weighted by Gasteiger charge is 2.14. The molecule has 0 spiro atoms. The van der Waals surface area contributed by atoms with Crippen LogP contribution in [0.5, 0.6) is 0 Å². The number of carboxylic acid groups (broad SMARTS) is 1. The lowest BCUT2D eigenvalue weighted by Crippen LogP contribution is -2.30. The molecule has 0 fully saturated rings. The van der Waals surface area contributed by atoms with Crippen molar-refractivity contribution in [1.82, 2.24) is 0 Å². The molecule has 0 aliphatic heterocycles. The molecule has 2 rings (SSSR count). The van der Waals surface area contributed by atoms with Crippen molar-refractivity contribution in [2.24, 2.45) is 0 Å². The number of anilines is 1. The largest absolute Gasteiger partial charge is 0.478 e. The second kappa shape index (κ2) is 6.29. The van der Waals surface area contributed by atoms with Gasteiger partial charge < -0.3 is 10.0 Å². The predicted octanol–water partition coefficient (Wildman–Crippen LogP) is 4.17. The standard InChI is InChI=1S/C15H16ClNO2S/c1-10(8-12-4-3-7-20-12)17(2)11-5-6-13(15(18)19)14(16)9-11/h3-7,9-10H,8H2,1-2H3,(H,18,19). The Labute approximate surface area is 127 Å². The average Bonchev–Trinajstić information content (AvgIpc) is 2.90. The summed E-state index contributed by atoms with van der Waals surface area (Å²) < 4.78 is 0. The fourth-order valence-corrected chi connectivity index (χ4v) is 3.09. The van der Waals surface area contributed by atoms with Crippen LogP contribution < -0.4 is 4.90 Å². The summed E-state index contributed by atoms with van der Waals surface area (Å²) in [5.41, 5.74) is 1.05. The number of halogens is 1. The first kappa shape index (κ1) is 14.9. The molecule has 3 nitrogen and oxygen atoms in total. The number of aromatic carboxylic acids is 1. The summed E-state index contributed by atoms with van der Waals surface area (Å²) in [5, 5.41) is 11.3. The van der Waals surface area contributed by atoms with Crippen molar-refractivity contribution in [2.75, 3.05) is 11.9 Å². The Hall–Kier alpha value is -1.52. The quantitative estimate of drug-likeness (QED) is 0.901. The Kier molecular flexibility index (Phi) is 4.68. The molecular weight excluding hydrogens is 294 g/mol. The van der Waals surface area contributed by atoms with Gasteiger partial charge in [-0.05, 0) is 36.6 Å². The molecule has 0 saturated heterocycles. The van der Waals surface area contributed by atoms with Crippen molar-refractivity contribution in [3.05, 3.63) is 51.2 Å². The van der Waals surface area contributed by atoms with Gasteiger partial charge in [0.05, 0.1) is 10.6 Å². The van der Waals surface area contributed by atoms with E-state index in [0.717, 1.165) is 12.1 Å². The van der Waals surface area contributed by atoms with Crippen LogP contribution in [0, 0.1) is 0 Å². The van der Waals surface area contributed by atoms with E-state index in [0.29, 0.717) is 6.04 Å². The van der Waals surface area contributed by atoms with Gasteiger partial charge in [-0.1, -0.05) is 17.7 Å². The Morgan fingerprint density at radius 2 is 2.20 bits per heavy atom. The minimum absolute atomic E-state index is 0.134. The highest BCUT2D eigenvalue weighted by atomic mass is 35.5. The van der Waals surface area contributed by atoms with E-state index in [1.54, 1.807) is 29.5 Å². The van der Waals surface area contributed by atoms with Crippen molar-refractivity contribution in [3.63, 3.8) is 0 Å². The van der Waals surface area contributed by atoms with E-state index in [2.05, 4.69) is 23.3 Å². The van der Waals surface area contributed by atoms with E-state index in [1.807, 2.05) is 13.1 Å². The van der Waals surface area contributed by atoms with Crippen molar-refractivity contribution in [1.29, 1.82) is 0 Å². The summed E-state index contributed by atoms with van der Waals surface area (Å²) in [6.45, 7) is 2.14. The van der Waals surface area contributed by atoms with Crippen LogP contribution in [-0.2, 0) is 6.42 Å². The summed E-state index contributed by atoms with van der Waals surface area (Å²) in [4.78, 5) is 14.4. The molecule has 0 radical (unpaired) electrons. The Morgan fingerprint density at radius 1 is 1.45 bits per heavy atom. The number of hydrogen-bond donors (Lipinski definition) is 1. The summed E-state index contributed by atoms with van der Waals surface area (Å²) >= 11 is 7.75. The van der Waals surface area contributed by atoms with Gasteiger partial charge in [0.25, 0.3) is 0 Å². The fourth-order valence-electron chi connectivity index (χ4n) is 2.01. The van der Waals surface area contributed by atoms with Crippen LogP contribution in [0.25, 0.3) is 0 Å². The molecule has 0 saturated carbocycles. The van der Waals surface area contributed by atoms with Crippen molar-refractivity contribution in [2.45, 2.75) is 19.4 Å². The van der Waals surface area contributed by atoms with Crippen LogP contribution in [0.15, 0.2) is 35.7 Å². The lowest BCUT2D eigenvalue weighted by atomic mass is 10.1. The SMILES string of the molecule is CC(Cc1cccs1)N(C)c1ccc(C(=O)O)c(Cl)c1.